The number of nitrogens with one attached hydrogen (secondary N) is 1. The van der Waals surface area contributed by atoms with Crippen molar-refractivity contribution in [1.29, 1.82) is 0 Å². The topological polar surface area (TPSA) is 341 Å². The SMILES string of the molecule is Nc1nc2c(ncn2[C@@H]2O[C@H](COP(=O)(O)O)[C@@H](O)[C@H]2OP(=O)(O)OC[C@@H]2C[C@@H](O)[C@H](n3cnc4c(N)ncnc43)O2)c(=O)[nH]1. The molecule has 2 aliphatic rings. The summed E-state index contributed by atoms with van der Waals surface area (Å²) in [5.41, 5.74) is 10.9. The molecular weight excluding hydrogens is 650 g/mol. The molecule has 6 rings (SSSR count). The third-order valence-corrected chi connectivity index (χ3v) is 8.42. The van der Waals surface area contributed by atoms with E-state index in [4.69, 9.17) is 39.8 Å². The van der Waals surface area contributed by atoms with Gasteiger partial charge in [0, 0.05) is 6.42 Å². The van der Waals surface area contributed by atoms with E-state index in [1.54, 1.807) is 0 Å². The molecule has 244 valence electrons. The minimum atomic E-state index is -5.07. The molecular formula is C20H26N10O13P2. The summed E-state index contributed by atoms with van der Waals surface area (Å²) in [6.45, 7) is -1.43. The smallest absolute Gasteiger partial charge is 0.388 e. The lowest BCUT2D eigenvalue weighted by Gasteiger charge is -2.24. The highest BCUT2D eigenvalue weighted by molar-refractivity contribution is 7.47. The summed E-state index contributed by atoms with van der Waals surface area (Å²) in [5, 5.41) is 21.5. The molecule has 0 amide bonds. The van der Waals surface area contributed by atoms with Gasteiger partial charge in [-0.15, -0.1) is 0 Å². The summed E-state index contributed by atoms with van der Waals surface area (Å²) < 4.78 is 53.2. The number of imidazole rings is 2. The Morgan fingerprint density at radius 3 is 2.40 bits per heavy atom. The van der Waals surface area contributed by atoms with Gasteiger partial charge in [0.05, 0.1) is 32.0 Å². The number of nitrogens with zero attached hydrogens (tertiary/aromatic N) is 7. The fourth-order valence-corrected chi connectivity index (χ4v) is 6.29. The highest BCUT2D eigenvalue weighted by Gasteiger charge is 2.50. The molecule has 2 fully saturated rings. The molecule has 25 heteroatoms. The summed E-state index contributed by atoms with van der Waals surface area (Å²) in [4.78, 5) is 63.3. The number of hydrogen-bond donors (Lipinski definition) is 8. The molecule has 6 heterocycles. The molecule has 4 aromatic heterocycles. The minimum Gasteiger partial charge on any atom is -0.388 e. The van der Waals surface area contributed by atoms with E-state index < -0.39 is 77.4 Å². The molecule has 45 heavy (non-hydrogen) atoms. The molecule has 1 unspecified atom stereocenters. The van der Waals surface area contributed by atoms with Crippen molar-refractivity contribution in [2.45, 2.75) is 49.4 Å². The van der Waals surface area contributed by atoms with Gasteiger partial charge in [-0.1, -0.05) is 0 Å². The Balaban J connectivity index is 1.19. The largest absolute Gasteiger partial charge is 0.472 e. The van der Waals surface area contributed by atoms with Crippen molar-refractivity contribution >= 4 is 49.7 Å². The summed E-state index contributed by atoms with van der Waals surface area (Å²) in [5.74, 6) is -0.189. The second kappa shape index (κ2) is 11.7. The normalized spacial score (nSPS) is 28.7. The van der Waals surface area contributed by atoms with E-state index in [-0.39, 0.29) is 40.5 Å². The Hall–Kier alpha value is -3.44. The Morgan fingerprint density at radius 2 is 1.67 bits per heavy atom. The molecule has 0 radical (unpaired) electrons. The maximum atomic E-state index is 13.1. The number of nitrogen functional groups attached to an aromatic ring is 2. The van der Waals surface area contributed by atoms with Crippen molar-refractivity contribution in [2.24, 2.45) is 0 Å². The fraction of sp³-hybridized carbons (Fsp3) is 0.500. The molecule has 23 nitrogen and oxygen atoms in total. The molecule has 0 spiro atoms. The summed E-state index contributed by atoms with van der Waals surface area (Å²) in [6, 6.07) is 0. The number of H-pyrrole nitrogens is 1. The number of aliphatic hydroxyl groups excluding tert-OH is 2. The standard InChI is InChI=1S/C20H26N10O13P2/c21-14-10-15(24-4-23-14)29(5-25-10)18-8(31)1-7(41-18)2-40-45(37,38)43-13-12(32)9(3-39-44(34,35)36)42-19(13)30-6-26-11-16(30)27-20(22)28-17(11)33/h4-9,12-13,18-19,31-32H,1-3H2,(H,37,38)(H2,21,23,24)(H2,34,35,36)(H3,22,27,28,33)/t7-,8+,9+,12+,13+,18+,19+/m0/s1. The number of phosphoric ester groups is 2. The first-order valence-corrected chi connectivity index (χ1v) is 15.9. The average molecular weight is 676 g/mol. The number of ether oxygens (including phenoxy) is 2. The average Bonchev–Trinajstić information content (AvgIpc) is 3.72. The quantitative estimate of drug-likeness (QED) is 0.0814. The molecule has 0 saturated carbocycles. The fourth-order valence-electron chi connectivity index (χ4n) is 5.00. The van der Waals surface area contributed by atoms with Gasteiger partial charge >= 0.3 is 15.6 Å². The maximum Gasteiger partial charge on any atom is 0.472 e. The van der Waals surface area contributed by atoms with Crippen LogP contribution in [0.3, 0.4) is 0 Å². The first-order valence-electron chi connectivity index (χ1n) is 12.9. The number of nitrogens with two attached hydrogens (primary N) is 2. The predicted molar refractivity (Wildman–Crippen MR) is 145 cm³/mol. The monoisotopic (exact) mass is 676 g/mol. The lowest BCUT2D eigenvalue weighted by atomic mass is 10.1. The summed E-state index contributed by atoms with van der Waals surface area (Å²) in [7, 11) is -10.1. The first kappa shape index (κ1) is 31.5. The predicted octanol–water partition coefficient (Wildman–Crippen LogP) is -2.36. The Morgan fingerprint density at radius 1 is 0.956 bits per heavy atom. The van der Waals surface area contributed by atoms with Crippen LogP contribution in [0.25, 0.3) is 22.3 Å². The Kier molecular flexibility index (Phi) is 8.22. The highest BCUT2D eigenvalue weighted by atomic mass is 31.2. The third-order valence-electron chi connectivity index (χ3n) is 6.95. The molecule has 4 aromatic rings. The minimum absolute atomic E-state index is 0.0346. The van der Waals surface area contributed by atoms with Gasteiger partial charge in [-0.05, 0) is 0 Å². The van der Waals surface area contributed by atoms with Crippen LogP contribution in [-0.4, -0.2) is 108 Å². The van der Waals surface area contributed by atoms with Gasteiger partial charge in [-0.2, -0.15) is 4.98 Å². The number of hydrogen-bond acceptors (Lipinski definition) is 17. The van der Waals surface area contributed by atoms with Crippen LogP contribution in [0.15, 0.2) is 23.8 Å². The maximum absolute atomic E-state index is 13.1. The van der Waals surface area contributed by atoms with Gasteiger partial charge in [0.25, 0.3) is 5.56 Å². The zero-order valence-corrected chi connectivity index (χ0v) is 24.4. The Bertz CT molecular complexity index is 1880. The molecule has 0 aliphatic carbocycles. The zero-order chi connectivity index (χ0) is 32.3. The van der Waals surface area contributed by atoms with Crippen LogP contribution in [0.4, 0.5) is 11.8 Å². The van der Waals surface area contributed by atoms with Gasteiger partial charge < -0.3 is 45.8 Å². The number of aliphatic hydroxyl groups is 2. The number of rotatable bonds is 10. The van der Waals surface area contributed by atoms with Crippen molar-refractivity contribution in [3.8, 4) is 0 Å². The van der Waals surface area contributed by atoms with E-state index in [1.165, 1.54) is 17.2 Å². The Labute approximate surface area is 249 Å². The molecule has 0 bridgehead atoms. The van der Waals surface area contributed by atoms with Crippen LogP contribution in [0.5, 0.6) is 0 Å². The van der Waals surface area contributed by atoms with Crippen molar-refractivity contribution in [2.75, 3.05) is 24.7 Å². The molecule has 10 N–H and O–H groups in total. The molecule has 2 saturated heterocycles. The van der Waals surface area contributed by atoms with Crippen molar-refractivity contribution in [1.82, 2.24) is 39.0 Å². The first-order chi connectivity index (χ1) is 21.2. The molecule has 2 aliphatic heterocycles. The highest BCUT2D eigenvalue weighted by Crippen LogP contribution is 2.50. The van der Waals surface area contributed by atoms with E-state index in [0.29, 0.717) is 0 Å². The van der Waals surface area contributed by atoms with E-state index in [1.807, 2.05) is 0 Å². The zero-order valence-electron chi connectivity index (χ0n) is 22.6. The number of anilines is 2. The number of phosphoric acid groups is 2. The van der Waals surface area contributed by atoms with E-state index >= 15 is 0 Å². The van der Waals surface area contributed by atoms with Gasteiger partial charge in [0.1, 0.15) is 36.3 Å². The number of aromatic amines is 1. The molecule has 8 atom stereocenters. The summed E-state index contributed by atoms with van der Waals surface area (Å²) >= 11 is 0. The lowest BCUT2D eigenvalue weighted by Crippen LogP contribution is -2.35. The van der Waals surface area contributed by atoms with Crippen molar-refractivity contribution in [3.63, 3.8) is 0 Å². The number of aromatic nitrogens is 8. The van der Waals surface area contributed by atoms with Crippen LogP contribution in [-0.2, 0) is 32.2 Å². The van der Waals surface area contributed by atoms with Gasteiger partial charge in [-0.3, -0.25) is 32.5 Å². The van der Waals surface area contributed by atoms with E-state index in [2.05, 4.69) is 34.4 Å². The van der Waals surface area contributed by atoms with Crippen molar-refractivity contribution < 1.29 is 57.1 Å². The third kappa shape index (κ3) is 6.34. The second-order valence-corrected chi connectivity index (χ2v) is 12.6. The van der Waals surface area contributed by atoms with Gasteiger partial charge in [0.15, 0.2) is 35.1 Å². The number of fused-ring (bicyclic) bond motifs is 2. The van der Waals surface area contributed by atoms with E-state index in [0.717, 1.165) is 10.9 Å². The van der Waals surface area contributed by atoms with Crippen LogP contribution >= 0.6 is 15.6 Å². The van der Waals surface area contributed by atoms with E-state index in [9.17, 15) is 29.0 Å². The van der Waals surface area contributed by atoms with Crippen molar-refractivity contribution in [3.05, 3.63) is 29.3 Å². The van der Waals surface area contributed by atoms with Crippen LogP contribution in [0.1, 0.15) is 18.9 Å². The molecule has 0 aromatic carbocycles. The van der Waals surface area contributed by atoms with Crippen LogP contribution in [0, 0.1) is 0 Å². The van der Waals surface area contributed by atoms with Crippen LogP contribution < -0.4 is 17.0 Å². The lowest BCUT2D eigenvalue weighted by molar-refractivity contribution is -0.0587. The summed E-state index contributed by atoms with van der Waals surface area (Å²) in [6.07, 6.45) is -6.11. The van der Waals surface area contributed by atoms with Gasteiger partial charge in [-0.25, -0.2) is 29.1 Å². The van der Waals surface area contributed by atoms with Crippen LogP contribution in [0.2, 0.25) is 0 Å². The van der Waals surface area contributed by atoms with Gasteiger partial charge in [0.2, 0.25) is 5.95 Å². The second-order valence-electron chi connectivity index (χ2n) is 9.99.